The lowest BCUT2D eigenvalue weighted by Gasteiger charge is -2.56. The van der Waals surface area contributed by atoms with Crippen LogP contribution < -0.4 is 15.0 Å². The number of carbonyl (C=O) groups excluding carboxylic acids is 2. The third kappa shape index (κ3) is 5.68. The molecule has 3 saturated carbocycles. The Morgan fingerprint density at radius 3 is 2.64 bits per heavy atom. The number of hydrogen-bond acceptors (Lipinski definition) is 7. The van der Waals surface area contributed by atoms with Crippen molar-refractivity contribution in [1.29, 1.82) is 0 Å². The number of anilines is 1. The van der Waals surface area contributed by atoms with Crippen molar-refractivity contribution >= 4 is 17.6 Å². The van der Waals surface area contributed by atoms with Crippen LogP contribution >= 0.6 is 0 Å². The molecule has 0 radical (unpaired) electrons. The molecule has 3 saturated heterocycles. The third-order valence-corrected chi connectivity index (χ3v) is 11.8. The highest BCUT2D eigenvalue weighted by molar-refractivity contribution is 5.97. The van der Waals surface area contributed by atoms with Crippen LogP contribution in [0.4, 0.5) is 10.2 Å². The molecule has 4 unspecified atom stereocenters. The summed E-state index contributed by atoms with van der Waals surface area (Å²) in [5.41, 5.74) is 0.583. The first-order valence-corrected chi connectivity index (χ1v) is 17.0. The monoisotopic (exact) mass is 618 g/mol. The Bertz CT molecular complexity index is 1440. The lowest BCUT2D eigenvalue weighted by Crippen LogP contribution is -2.62. The summed E-state index contributed by atoms with van der Waals surface area (Å²) in [6, 6.07) is 4.06. The minimum absolute atomic E-state index is 0.0241. The fourth-order valence-corrected chi connectivity index (χ4v) is 9.32. The van der Waals surface area contributed by atoms with E-state index in [1.807, 2.05) is 20.8 Å². The molecule has 2 bridgehead atoms. The smallest absolute Gasteiger partial charge is 0.257 e. The average molecular weight is 619 g/mol. The Hall–Kier alpha value is -3.27. The van der Waals surface area contributed by atoms with Crippen LogP contribution in [0.2, 0.25) is 0 Å². The summed E-state index contributed by atoms with van der Waals surface area (Å²) >= 11 is 0. The van der Waals surface area contributed by atoms with Gasteiger partial charge in [-0.2, -0.15) is 0 Å². The predicted molar refractivity (Wildman–Crippen MR) is 170 cm³/mol. The van der Waals surface area contributed by atoms with E-state index in [1.54, 1.807) is 11.1 Å². The van der Waals surface area contributed by atoms with Gasteiger partial charge in [0, 0.05) is 49.6 Å². The van der Waals surface area contributed by atoms with Crippen LogP contribution in [-0.4, -0.2) is 82.4 Å². The second kappa shape index (κ2) is 11.8. The van der Waals surface area contributed by atoms with E-state index >= 15 is 0 Å². The fraction of sp³-hybridized carbons (Fsp3) is 0.657. The molecule has 4 atom stereocenters. The lowest BCUT2D eigenvalue weighted by molar-refractivity contribution is -0.121. The number of aromatic nitrogens is 2. The average Bonchev–Trinajstić information content (AvgIpc) is 3.38. The number of nitrogens with zero attached hydrogens (tertiary/aromatic N) is 5. The zero-order chi connectivity index (χ0) is 31.3. The Balaban J connectivity index is 0.965. The Morgan fingerprint density at radius 2 is 1.98 bits per heavy atom. The van der Waals surface area contributed by atoms with Gasteiger partial charge < -0.3 is 24.8 Å². The van der Waals surface area contributed by atoms with Crippen LogP contribution in [-0.2, 0) is 4.79 Å². The highest BCUT2D eigenvalue weighted by atomic mass is 19.1. The second-order valence-electron chi connectivity index (χ2n) is 14.7. The number of halogens is 1. The molecule has 8 rings (SSSR count). The van der Waals surface area contributed by atoms with Gasteiger partial charge >= 0.3 is 0 Å². The van der Waals surface area contributed by atoms with E-state index < -0.39 is 5.82 Å². The molecule has 1 aromatic heterocycles. The van der Waals surface area contributed by atoms with Gasteiger partial charge in [0.05, 0.1) is 11.8 Å². The molecule has 2 amide bonds. The molecule has 6 fully saturated rings. The number of nitrogens with one attached hydrogen (secondary N) is 1. The van der Waals surface area contributed by atoms with E-state index in [0.717, 1.165) is 44.4 Å². The number of piperidine rings is 1. The minimum Gasteiger partial charge on any atom is -0.451 e. The fourth-order valence-electron chi connectivity index (χ4n) is 9.32. The molecule has 1 aromatic carbocycles. The van der Waals surface area contributed by atoms with Crippen molar-refractivity contribution in [2.45, 2.75) is 83.7 Å². The molecular formula is C35H47FN6O3. The lowest BCUT2D eigenvalue weighted by atomic mass is 9.55. The van der Waals surface area contributed by atoms with E-state index in [1.165, 1.54) is 69.6 Å². The van der Waals surface area contributed by atoms with Crippen molar-refractivity contribution in [3.8, 4) is 11.5 Å². The number of rotatable bonds is 8. The van der Waals surface area contributed by atoms with E-state index in [-0.39, 0.29) is 34.4 Å². The molecule has 6 aliphatic rings. The number of fused-ring (bicyclic) bond motifs is 2. The molecular weight excluding hydrogens is 571 g/mol. The molecule has 45 heavy (non-hydrogen) atoms. The molecule has 9 nitrogen and oxygen atoms in total. The van der Waals surface area contributed by atoms with Gasteiger partial charge in [-0.1, -0.05) is 0 Å². The standard InChI is InChI=1S/C35H47FN6O3/c1-4-42(23(2)3)33(44)28-16-27(36)7-8-29(28)45-30-18-37-22-38-32(30)41-20-34(21-41)11-13-40(14-12-34)19-25-15-26-6-5-24(25)17-35(26)10-9-31(43)39-35/h7-8,16,18,22-26H,4-6,9-15,17,19-21H2,1-3H3,(H,39,43). The largest absolute Gasteiger partial charge is 0.451 e. The summed E-state index contributed by atoms with van der Waals surface area (Å²) in [6.07, 6.45) is 12.3. The van der Waals surface area contributed by atoms with Gasteiger partial charge in [-0.15, -0.1) is 0 Å². The van der Waals surface area contributed by atoms with Gasteiger partial charge in [0.15, 0.2) is 11.6 Å². The second-order valence-corrected chi connectivity index (χ2v) is 14.7. The highest BCUT2D eigenvalue weighted by Crippen LogP contribution is 2.54. The predicted octanol–water partition coefficient (Wildman–Crippen LogP) is 5.27. The maximum absolute atomic E-state index is 14.3. The molecule has 2 aromatic rings. The van der Waals surface area contributed by atoms with E-state index in [0.29, 0.717) is 36.2 Å². The topological polar surface area (TPSA) is 90.9 Å². The van der Waals surface area contributed by atoms with Crippen LogP contribution in [0, 0.1) is 29.0 Å². The Kier molecular flexibility index (Phi) is 7.99. The quantitative estimate of drug-likeness (QED) is 0.431. The first-order valence-electron chi connectivity index (χ1n) is 17.0. The Morgan fingerprint density at radius 1 is 1.18 bits per heavy atom. The normalized spacial score (nSPS) is 28.9. The molecule has 3 aliphatic carbocycles. The number of likely N-dealkylation sites (tertiary alicyclic amines) is 1. The van der Waals surface area contributed by atoms with Crippen molar-refractivity contribution < 1.29 is 18.7 Å². The molecule has 3 aliphatic heterocycles. The van der Waals surface area contributed by atoms with Crippen LogP contribution in [0.5, 0.6) is 11.5 Å². The van der Waals surface area contributed by atoms with Gasteiger partial charge in [0.2, 0.25) is 5.91 Å². The zero-order valence-corrected chi connectivity index (χ0v) is 26.9. The van der Waals surface area contributed by atoms with Gasteiger partial charge in [-0.05, 0) is 115 Å². The van der Waals surface area contributed by atoms with Crippen LogP contribution in [0.25, 0.3) is 0 Å². The van der Waals surface area contributed by atoms with Gasteiger partial charge in [0.25, 0.3) is 5.91 Å². The number of ether oxygens (including phenoxy) is 1. The van der Waals surface area contributed by atoms with E-state index in [2.05, 4.69) is 25.1 Å². The summed E-state index contributed by atoms with van der Waals surface area (Å²) in [7, 11) is 0. The summed E-state index contributed by atoms with van der Waals surface area (Å²) in [5.74, 6) is 3.16. The molecule has 2 spiro atoms. The third-order valence-electron chi connectivity index (χ3n) is 11.8. The summed E-state index contributed by atoms with van der Waals surface area (Å²) in [5, 5.41) is 3.40. The number of carbonyl (C=O) groups is 2. The number of hydrogen-bond donors (Lipinski definition) is 1. The zero-order valence-electron chi connectivity index (χ0n) is 26.9. The number of benzene rings is 1. The maximum Gasteiger partial charge on any atom is 0.257 e. The SMILES string of the molecule is CCN(C(=O)c1cc(F)ccc1Oc1cncnc1N1CC2(CCN(CC3CC4CCC3CC43CCC(=O)N3)CC2)C1)C(C)C. The van der Waals surface area contributed by atoms with Gasteiger partial charge in [0.1, 0.15) is 17.9 Å². The number of amides is 2. The molecule has 10 heteroatoms. The van der Waals surface area contributed by atoms with Crippen LogP contribution in [0.1, 0.15) is 82.5 Å². The summed E-state index contributed by atoms with van der Waals surface area (Å²) in [4.78, 5) is 40.8. The first-order chi connectivity index (χ1) is 21.7. The molecule has 4 heterocycles. The van der Waals surface area contributed by atoms with Crippen molar-refractivity contribution in [1.82, 2.24) is 25.1 Å². The van der Waals surface area contributed by atoms with E-state index in [4.69, 9.17) is 4.74 Å². The first kappa shape index (κ1) is 30.4. The summed E-state index contributed by atoms with van der Waals surface area (Å²) in [6.45, 7) is 11.6. The Labute approximate surface area is 265 Å². The minimum atomic E-state index is -0.478. The van der Waals surface area contributed by atoms with Crippen molar-refractivity contribution in [3.05, 3.63) is 42.1 Å². The van der Waals surface area contributed by atoms with E-state index in [9.17, 15) is 14.0 Å². The van der Waals surface area contributed by atoms with Crippen molar-refractivity contribution in [3.63, 3.8) is 0 Å². The maximum atomic E-state index is 14.3. The molecule has 242 valence electrons. The highest BCUT2D eigenvalue weighted by Gasteiger charge is 2.54. The summed E-state index contributed by atoms with van der Waals surface area (Å²) < 4.78 is 20.6. The van der Waals surface area contributed by atoms with Gasteiger partial charge in [-0.3, -0.25) is 9.59 Å². The van der Waals surface area contributed by atoms with Crippen LogP contribution in [0.15, 0.2) is 30.7 Å². The van der Waals surface area contributed by atoms with Gasteiger partial charge in [-0.25, -0.2) is 14.4 Å². The molecule has 1 N–H and O–H groups in total. The van der Waals surface area contributed by atoms with Crippen LogP contribution in [0.3, 0.4) is 0 Å². The van der Waals surface area contributed by atoms with Crippen molar-refractivity contribution in [2.75, 3.05) is 44.2 Å². The van der Waals surface area contributed by atoms with Crippen molar-refractivity contribution in [2.24, 2.45) is 23.2 Å².